The fraction of sp³-hybridized carbons (Fsp3) is 0.150. The highest BCUT2D eigenvalue weighted by Crippen LogP contribution is 2.31. The Bertz CT molecular complexity index is 929. The molecule has 0 aliphatic carbocycles. The maximum absolute atomic E-state index is 12.1. The highest BCUT2D eigenvalue weighted by atomic mass is 127. The number of carbonyl (C=O) groups excluding carboxylic acids is 2. The first-order chi connectivity index (χ1) is 13.0. The molecule has 1 aliphatic rings. The highest BCUT2D eigenvalue weighted by Gasteiger charge is 2.24. The molecule has 7 heteroatoms. The third kappa shape index (κ3) is 4.95. The van der Waals surface area contributed by atoms with Crippen LogP contribution in [0.3, 0.4) is 0 Å². The van der Waals surface area contributed by atoms with Crippen molar-refractivity contribution >= 4 is 69.1 Å². The number of nitrogens with zero attached hydrogens (tertiary/aromatic N) is 1. The van der Waals surface area contributed by atoms with Gasteiger partial charge in [0.25, 0.3) is 0 Å². The second-order valence-electron chi connectivity index (χ2n) is 5.74. The molecule has 3 rings (SSSR count). The number of ether oxygens (including phenoxy) is 2. The monoisotopic (exact) mass is 587 g/mol. The molecule has 2 aromatic carbocycles. The van der Waals surface area contributed by atoms with Gasteiger partial charge >= 0.3 is 11.9 Å². The van der Waals surface area contributed by atoms with Gasteiger partial charge in [-0.3, -0.25) is 4.79 Å². The minimum Gasteiger partial charge on any atom is -0.424 e. The summed E-state index contributed by atoms with van der Waals surface area (Å²) in [5, 5.41) is 0. The predicted molar refractivity (Wildman–Crippen MR) is 119 cm³/mol. The van der Waals surface area contributed by atoms with Crippen LogP contribution >= 0.6 is 45.2 Å². The summed E-state index contributed by atoms with van der Waals surface area (Å²) in [7, 11) is 0. The number of halogens is 2. The van der Waals surface area contributed by atoms with Crippen molar-refractivity contribution in [3.05, 3.63) is 66.4 Å². The Morgan fingerprint density at radius 2 is 1.85 bits per heavy atom. The third-order valence-electron chi connectivity index (χ3n) is 3.64. The summed E-state index contributed by atoms with van der Waals surface area (Å²) in [6.07, 6.45) is 2.78. The molecule has 0 N–H and O–H groups in total. The standard InChI is InChI=1S/C20H15I2NO4/c1-2-6-17(24)26-18-14(21)9-12(10-15(18)22)11-16-20(25)27-19(23-16)13-7-4-3-5-8-13/h3-5,7-11H,2,6H2,1H3/b16-11-. The molecule has 138 valence electrons. The molecule has 0 bridgehead atoms. The number of cyclic esters (lactones) is 1. The first-order valence-electron chi connectivity index (χ1n) is 8.25. The molecule has 1 aliphatic heterocycles. The Labute approximate surface area is 184 Å². The van der Waals surface area contributed by atoms with Gasteiger partial charge < -0.3 is 9.47 Å². The van der Waals surface area contributed by atoms with E-state index >= 15 is 0 Å². The maximum Gasteiger partial charge on any atom is 0.363 e. The Morgan fingerprint density at radius 1 is 1.19 bits per heavy atom. The van der Waals surface area contributed by atoms with Gasteiger partial charge in [0, 0.05) is 12.0 Å². The summed E-state index contributed by atoms with van der Waals surface area (Å²) in [5.41, 5.74) is 1.76. The number of rotatable bonds is 5. The molecule has 5 nitrogen and oxygen atoms in total. The van der Waals surface area contributed by atoms with Crippen molar-refractivity contribution in [1.29, 1.82) is 0 Å². The topological polar surface area (TPSA) is 65.0 Å². The number of esters is 2. The first kappa shape index (κ1) is 20.0. The highest BCUT2D eigenvalue weighted by molar-refractivity contribution is 14.1. The van der Waals surface area contributed by atoms with Crippen molar-refractivity contribution in [3.63, 3.8) is 0 Å². The summed E-state index contributed by atoms with van der Waals surface area (Å²) >= 11 is 4.23. The van der Waals surface area contributed by atoms with Crippen molar-refractivity contribution in [2.24, 2.45) is 4.99 Å². The summed E-state index contributed by atoms with van der Waals surface area (Å²) in [5.74, 6) is 0.0915. The lowest BCUT2D eigenvalue weighted by atomic mass is 10.2. The van der Waals surface area contributed by atoms with Crippen LogP contribution in [-0.2, 0) is 14.3 Å². The van der Waals surface area contributed by atoms with E-state index in [4.69, 9.17) is 9.47 Å². The first-order valence-corrected chi connectivity index (χ1v) is 10.4. The van der Waals surface area contributed by atoms with E-state index < -0.39 is 5.97 Å². The Morgan fingerprint density at radius 3 is 2.48 bits per heavy atom. The molecule has 0 amide bonds. The second kappa shape index (κ2) is 8.96. The van der Waals surface area contributed by atoms with Crippen molar-refractivity contribution < 1.29 is 19.1 Å². The van der Waals surface area contributed by atoms with Gasteiger partial charge in [0.15, 0.2) is 11.4 Å². The minimum absolute atomic E-state index is 0.233. The van der Waals surface area contributed by atoms with Crippen LogP contribution in [-0.4, -0.2) is 17.8 Å². The van der Waals surface area contributed by atoms with E-state index in [-0.39, 0.29) is 11.7 Å². The smallest absolute Gasteiger partial charge is 0.363 e. The Kier molecular flexibility index (Phi) is 6.64. The van der Waals surface area contributed by atoms with Gasteiger partial charge in [-0.1, -0.05) is 25.1 Å². The molecule has 2 aromatic rings. The molecule has 0 fully saturated rings. The maximum atomic E-state index is 12.1. The van der Waals surface area contributed by atoms with E-state index in [1.807, 2.05) is 49.4 Å². The fourth-order valence-electron chi connectivity index (χ4n) is 2.40. The summed E-state index contributed by atoms with van der Waals surface area (Å²) in [4.78, 5) is 28.2. The lowest BCUT2D eigenvalue weighted by Crippen LogP contribution is -2.09. The quantitative estimate of drug-likeness (QED) is 0.215. The average molecular weight is 587 g/mol. The molecule has 0 atom stereocenters. The van der Waals surface area contributed by atoms with Crippen molar-refractivity contribution in [3.8, 4) is 5.75 Å². The van der Waals surface area contributed by atoms with E-state index in [1.54, 1.807) is 6.08 Å². The number of hydrogen-bond acceptors (Lipinski definition) is 5. The van der Waals surface area contributed by atoms with E-state index in [0.717, 1.165) is 24.7 Å². The lowest BCUT2D eigenvalue weighted by molar-refractivity contribution is -0.134. The molecule has 27 heavy (non-hydrogen) atoms. The fourth-order valence-corrected chi connectivity index (χ4v) is 4.44. The molecular formula is C20H15I2NO4. The number of carbonyl (C=O) groups is 2. The number of benzene rings is 2. The average Bonchev–Trinajstić information content (AvgIpc) is 3.00. The van der Waals surface area contributed by atoms with Crippen LogP contribution in [0.25, 0.3) is 6.08 Å². The zero-order valence-electron chi connectivity index (χ0n) is 14.4. The van der Waals surface area contributed by atoms with Gasteiger partial charge in [0.2, 0.25) is 5.90 Å². The Balaban J connectivity index is 1.88. The van der Waals surface area contributed by atoms with Crippen LogP contribution in [0.4, 0.5) is 0 Å². The zero-order valence-corrected chi connectivity index (χ0v) is 18.7. The van der Waals surface area contributed by atoms with Gasteiger partial charge in [0.05, 0.1) is 7.14 Å². The Hall–Kier alpha value is -1.75. The summed E-state index contributed by atoms with van der Waals surface area (Å²) in [6.45, 7) is 1.93. The molecule has 0 saturated heterocycles. The molecule has 0 aromatic heterocycles. The largest absolute Gasteiger partial charge is 0.424 e. The second-order valence-corrected chi connectivity index (χ2v) is 8.06. The molecular weight excluding hydrogens is 572 g/mol. The van der Waals surface area contributed by atoms with Crippen molar-refractivity contribution in [1.82, 2.24) is 0 Å². The van der Waals surface area contributed by atoms with Crippen LogP contribution in [0.1, 0.15) is 30.9 Å². The van der Waals surface area contributed by atoms with Gasteiger partial charge in [-0.15, -0.1) is 0 Å². The van der Waals surface area contributed by atoms with Gasteiger partial charge in [-0.2, -0.15) is 0 Å². The SMILES string of the molecule is CCCC(=O)Oc1c(I)cc(/C=C2\N=C(c3ccccc3)OC2=O)cc1I. The summed E-state index contributed by atoms with van der Waals surface area (Å²) in [6, 6.07) is 13.0. The van der Waals surface area contributed by atoms with E-state index in [1.165, 1.54) is 0 Å². The normalized spacial score (nSPS) is 14.9. The van der Waals surface area contributed by atoms with Crippen LogP contribution in [0.5, 0.6) is 5.75 Å². The molecule has 0 saturated carbocycles. The van der Waals surface area contributed by atoms with Crippen LogP contribution in [0, 0.1) is 7.14 Å². The number of aliphatic imine (C=N–C) groups is 1. The van der Waals surface area contributed by atoms with Crippen molar-refractivity contribution in [2.45, 2.75) is 19.8 Å². The minimum atomic E-state index is -0.489. The van der Waals surface area contributed by atoms with E-state index in [2.05, 4.69) is 50.2 Å². The molecule has 0 radical (unpaired) electrons. The number of hydrogen-bond donors (Lipinski definition) is 0. The van der Waals surface area contributed by atoms with E-state index in [0.29, 0.717) is 18.1 Å². The molecule has 0 spiro atoms. The van der Waals surface area contributed by atoms with Crippen LogP contribution < -0.4 is 4.74 Å². The van der Waals surface area contributed by atoms with Gasteiger partial charge in [-0.05, 0) is 87.5 Å². The molecule has 0 unspecified atom stereocenters. The lowest BCUT2D eigenvalue weighted by Gasteiger charge is -2.09. The zero-order chi connectivity index (χ0) is 19.4. The van der Waals surface area contributed by atoms with Crippen LogP contribution in [0.15, 0.2) is 53.2 Å². The van der Waals surface area contributed by atoms with Crippen molar-refractivity contribution in [2.75, 3.05) is 0 Å². The summed E-state index contributed by atoms with van der Waals surface area (Å²) < 4.78 is 12.3. The third-order valence-corrected chi connectivity index (χ3v) is 5.24. The van der Waals surface area contributed by atoms with Gasteiger partial charge in [-0.25, -0.2) is 9.79 Å². The van der Waals surface area contributed by atoms with Crippen LogP contribution in [0.2, 0.25) is 0 Å². The predicted octanol–water partition coefficient (Wildman–Crippen LogP) is 4.95. The van der Waals surface area contributed by atoms with Gasteiger partial charge in [0.1, 0.15) is 0 Å². The van der Waals surface area contributed by atoms with E-state index in [9.17, 15) is 9.59 Å². The molecule has 1 heterocycles.